The molecule has 18 heavy (non-hydrogen) atoms. The Morgan fingerprint density at radius 1 is 1.50 bits per heavy atom. The van der Waals surface area contributed by atoms with Crippen molar-refractivity contribution in [3.63, 3.8) is 0 Å². The third-order valence-electron chi connectivity index (χ3n) is 3.89. The number of nitrogens with zero attached hydrogens (tertiary/aromatic N) is 1. The average molecular weight is 309 g/mol. The van der Waals surface area contributed by atoms with Gasteiger partial charge in [0.25, 0.3) is 0 Å². The minimum atomic E-state index is 0.127. The van der Waals surface area contributed by atoms with E-state index < -0.39 is 0 Å². The lowest BCUT2D eigenvalue weighted by Crippen LogP contribution is -2.57. The quantitative estimate of drug-likeness (QED) is 0.929. The zero-order valence-electron chi connectivity index (χ0n) is 10.8. The fourth-order valence-corrected chi connectivity index (χ4v) is 2.91. The second-order valence-corrected chi connectivity index (χ2v) is 6.14. The van der Waals surface area contributed by atoms with Crippen LogP contribution in [0.5, 0.6) is 0 Å². The molecule has 3 nitrogen and oxygen atoms in total. The van der Waals surface area contributed by atoms with Gasteiger partial charge in [-0.2, -0.15) is 5.26 Å². The number of hydrogen-bond acceptors (Lipinski definition) is 3. The lowest BCUT2D eigenvalue weighted by atomic mass is 9.64. The van der Waals surface area contributed by atoms with Crippen LogP contribution in [0, 0.1) is 16.7 Å². The highest BCUT2D eigenvalue weighted by molar-refractivity contribution is 9.10. The SMILES string of the molecule is COC1CC(Nc2ccc(C#N)cc2Br)C1(C)C. The molecule has 2 atom stereocenters. The molecule has 0 bridgehead atoms. The molecule has 4 heteroatoms. The Morgan fingerprint density at radius 2 is 2.22 bits per heavy atom. The zero-order valence-corrected chi connectivity index (χ0v) is 12.4. The van der Waals surface area contributed by atoms with Crippen molar-refractivity contribution in [1.82, 2.24) is 0 Å². The Bertz CT molecular complexity index is 493. The van der Waals surface area contributed by atoms with E-state index in [2.05, 4.69) is 41.2 Å². The van der Waals surface area contributed by atoms with Crippen LogP contribution in [0.4, 0.5) is 5.69 Å². The lowest BCUT2D eigenvalue weighted by Gasteiger charge is -2.51. The minimum Gasteiger partial charge on any atom is -0.381 e. The topological polar surface area (TPSA) is 45.0 Å². The van der Waals surface area contributed by atoms with Crippen LogP contribution >= 0.6 is 15.9 Å². The van der Waals surface area contributed by atoms with Crippen molar-refractivity contribution in [3.05, 3.63) is 28.2 Å². The van der Waals surface area contributed by atoms with E-state index in [1.54, 1.807) is 7.11 Å². The van der Waals surface area contributed by atoms with E-state index in [-0.39, 0.29) is 5.41 Å². The van der Waals surface area contributed by atoms with Crippen molar-refractivity contribution in [3.8, 4) is 6.07 Å². The van der Waals surface area contributed by atoms with E-state index in [1.807, 2.05) is 18.2 Å². The highest BCUT2D eigenvalue weighted by atomic mass is 79.9. The smallest absolute Gasteiger partial charge is 0.0992 e. The van der Waals surface area contributed by atoms with Gasteiger partial charge < -0.3 is 10.1 Å². The largest absolute Gasteiger partial charge is 0.381 e. The van der Waals surface area contributed by atoms with Crippen molar-refractivity contribution in [2.45, 2.75) is 32.4 Å². The number of nitriles is 1. The molecule has 0 heterocycles. The summed E-state index contributed by atoms with van der Waals surface area (Å²) < 4.78 is 6.37. The molecule has 1 aromatic carbocycles. The van der Waals surface area contributed by atoms with Gasteiger partial charge in [-0.3, -0.25) is 0 Å². The van der Waals surface area contributed by atoms with Gasteiger partial charge in [-0.15, -0.1) is 0 Å². The summed E-state index contributed by atoms with van der Waals surface area (Å²) in [6.45, 7) is 4.42. The fourth-order valence-electron chi connectivity index (χ4n) is 2.42. The maximum Gasteiger partial charge on any atom is 0.0992 e. The first-order valence-electron chi connectivity index (χ1n) is 5.98. The first kappa shape index (κ1) is 13.4. The molecule has 1 aliphatic rings. The van der Waals surface area contributed by atoms with Crippen LogP contribution in [0.25, 0.3) is 0 Å². The molecule has 1 aliphatic carbocycles. The van der Waals surface area contributed by atoms with Crippen molar-refractivity contribution in [2.75, 3.05) is 12.4 Å². The van der Waals surface area contributed by atoms with Gasteiger partial charge >= 0.3 is 0 Å². The Hall–Kier alpha value is -1.05. The molecule has 96 valence electrons. The summed E-state index contributed by atoms with van der Waals surface area (Å²) in [4.78, 5) is 0. The number of benzene rings is 1. The molecule has 2 unspecified atom stereocenters. The summed E-state index contributed by atoms with van der Waals surface area (Å²) in [6.07, 6.45) is 1.32. The van der Waals surface area contributed by atoms with E-state index in [4.69, 9.17) is 10.00 Å². The molecule has 1 N–H and O–H groups in total. The van der Waals surface area contributed by atoms with Crippen molar-refractivity contribution < 1.29 is 4.74 Å². The molecule has 1 fully saturated rings. The molecule has 0 amide bonds. The normalized spacial score (nSPS) is 25.1. The molecule has 0 aliphatic heterocycles. The van der Waals surface area contributed by atoms with Gasteiger partial charge in [0.05, 0.1) is 17.7 Å². The Balaban J connectivity index is 2.10. The minimum absolute atomic E-state index is 0.127. The van der Waals surface area contributed by atoms with Crippen LogP contribution in [-0.2, 0) is 4.74 Å². The predicted octanol–water partition coefficient (Wildman–Crippen LogP) is 3.55. The average Bonchev–Trinajstić information content (AvgIpc) is 2.35. The number of rotatable bonds is 3. The first-order chi connectivity index (χ1) is 8.48. The summed E-state index contributed by atoms with van der Waals surface area (Å²) in [5.41, 5.74) is 1.82. The van der Waals surface area contributed by atoms with Gasteiger partial charge in [-0.1, -0.05) is 13.8 Å². The summed E-state index contributed by atoms with van der Waals surface area (Å²) in [6, 6.07) is 8.13. The second-order valence-electron chi connectivity index (χ2n) is 5.28. The van der Waals surface area contributed by atoms with Gasteiger partial charge in [0.1, 0.15) is 0 Å². The summed E-state index contributed by atoms with van der Waals surface area (Å²) in [5, 5.41) is 12.4. The highest BCUT2D eigenvalue weighted by Crippen LogP contribution is 2.44. The van der Waals surface area contributed by atoms with Crippen LogP contribution in [0.2, 0.25) is 0 Å². The van der Waals surface area contributed by atoms with Crippen molar-refractivity contribution >= 4 is 21.6 Å². The number of methoxy groups -OCH3 is 1. The third-order valence-corrected chi connectivity index (χ3v) is 4.55. The van der Waals surface area contributed by atoms with E-state index in [0.29, 0.717) is 17.7 Å². The van der Waals surface area contributed by atoms with Crippen LogP contribution in [0.1, 0.15) is 25.8 Å². The maximum atomic E-state index is 8.83. The monoisotopic (exact) mass is 308 g/mol. The third kappa shape index (κ3) is 2.25. The van der Waals surface area contributed by atoms with E-state index in [1.165, 1.54) is 0 Å². The molecular formula is C14H17BrN2O. The summed E-state index contributed by atoms with van der Waals surface area (Å²) in [7, 11) is 1.76. The first-order valence-corrected chi connectivity index (χ1v) is 6.77. The fraction of sp³-hybridized carbons (Fsp3) is 0.500. The van der Waals surface area contributed by atoms with Crippen molar-refractivity contribution in [1.29, 1.82) is 5.26 Å². The van der Waals surface area contributed by atoms with Crippen LogP contribution < -0.4 is 5.32 Å². The lowest BCUT2D eigenvalue weighted by molar-refractivity contribution is -0.0794. The molecule has 1 aromatic rings. The molecular weight excluding hydrogens is 292 g/mol. The van der Waals surface area contributed by atoms with E-state index in [9.17, 15) is 0 Å². The van der Waals surface area contributed by atoms with Gasteiger partial charge in [0, 0.05) is 28.7 Å². The number of anilines is 1. The van der Waals surface area contributed by atoms with Gasteiger partial charge in [-0.25, -0.2) is 0 Å². The second kappa shape index (κ2) is 4.91. The van der Waals surface area contributed by atoms with Gasteiger partial charge in [0.15, 0.2) is 0 Å². The number of nitrogens with one attached hydrogen (secondary N) is 1. The highest BCUT2D eigenvalue weighted by Gasteiger charge is 2.48. The predicted molar refractivity (Wildman–Crippen MR) is 75.5 cm³/mol. The van der Waals surface area contributed by atoms with E-state index >= 15 is 0 Å². The molecule has 2 rings (SSSR count). The zero-order chi connectivity index (χ0) is 13.3. The van der Waals surface area contributed by atoms with Crippen LogP contribution in [-0.4, -0.2) is 19.3 Å². The molecule has 0 spiro atoms. The Kier molecular flexibility index (Phi) is 3.65. The molecule has 0 aromatic heterocycles. The molecule has 1 saturated carbocycles. The Morgan fingerprint density at radius 3 is 2.72 bits per heavy atom. The molecule has 0 radical (unpaired) electrons. The summed E-state index contributed by atoms with van der Waals surface area (Å²) >= 11 is 3.49. The Labute approximate surface area is 116 Å². The van der Waals surface area contributed by atoms with Crippen LogP contribution in [0.15, 0.2) is 22.7 Å². The van der Waals surface area contributed by atoms with Gasteiger partial charge in [0.2, 0.25) is 0 Å². The van der Waals surface area contributed by atoms with Gasteiger partial charge in [-0.05, 0) is 40.5 Å². The molecule has 0 saturated heterocycles. The van der Waals surface area contributed by atoms with Crippen molar-refractivity contribution in [2.24, 2.45) is 5.41 Å². The number of ether oxygens (including phenoxy) is 1. The summed E-state index contributed by atoms with van der Waals surface area (Å²) in [5.74, 6) is 0. The van der Waals surface area contributed by atoms with E-state index in [0.717, 1.165) is 16.6 Å². The van der Waals surface area contributed by atoms with Crippen LogP contribution in [0.3, 0.4) is 0 Å². The number of hydrogen-bond donors (Lipinski definition) is 1. The maximum absolute atomic E-state index is 8.83. The standard InChI is InChI=1S/C14H17BrN2O/c1-14(2)12(7-13(14)18-3)17-11-5-4-9(8-16)6-10(11)15/h4-6,12-13,17H,7H2,1-3H3. The number of halogens is 1.